The van der Waals surface area contributed by atoms with Crippen molar-refractivity contribution in [1.29, 1.82) is 0 Å². The lowest BCUT2D eigenvalue weighted by Crippen LogP contribution is -2.36. The van der Waals surface area contributed by atoms with E-state index in [0.29, 0.717) is 5.92 Å². The SMILES string of the molecule is CC(=O)N[C@@H](CC(=O)N[C@@H](C)CCC(C)C)c1cccs1. The molecular formula is C16H26N2O2S. The summed E-state index contributed by atoms with van der Waals surface area (Å²) in [5.41, 5.74) is 0. The van der Waals surface area contributed by atoms with Gasteiger partial charge in [-0.05, 0) is 37.1 Å². The Balaban J connectivity index is 2.50. The van der Waals surface area contributed by atoms with Gasteiger partial charge in [-0.1, -0.05) is 19.9 Å². The molecule has 0 spiro atoms. The third kappa shape index (κ3) is 7.27. The van der Waals surface area contributed by atoms with Gasteiger partial charge in [-0.2, -0.15) is 0 Å². The van der Waals surface area contributed by atoms with Gasteiger partial charge in [0, 0.05) is 17.8 Å². The van der Waals surface area contributed by atoms with Gasteiger partial charge in [0.15, 0.2) is 0 Å². The monoisotopic (exact) mass is 310 g/mol. The zero-order chi connectivity index (χ0) is 15.8. The molecule has 0 saturated carbocycles. The van der Waals surface area contributed by atoms with E-state index in [1.807, 2.05) is 24.4 Å². The van der Waals surface area contributed by atoms with Crippen molar-refractivity contribution in [3.8, 4) is 0 Å². The van der Waals surface area contributed by atoms with Crippen LogP contribution in [0.1, 0.15) is 57.9 Å². The third-order valence-corrected chi connectivity index (χ3v) is 4.22. The van der Waals surface area contributed by atoms with Gasteiger partial charge < -0.3 is 10.6 Å². The lowest BCUT2D eigenvalue weighted by molar-refractivity contribution is -0.123. The molecule has 1 heterocycles. The van der Waals surface area contributed by atoms with Gasteiger partial charge in [0.25, 0.3) is 0 Å². The molecule has 0 aliphatic heterocycles. The minimum atomic E-state index is -0.236. The number of hydrogen-bond donors (Lipinski definition) is 2. The molecule has 21 heavy (non-hydrogen) atoms. The summed E-state index contributed by atoms with van der Waals surface area (Å²) in [7, 11) is 0. The van der Waals surface area contributed by atoms with Crippen LogP contribution in [-0.2, 0) is 9.59 Å². The molecule has 4 nitrogen and oxygen atoms in total. The normalized spacial score (nSPS) is 13.8. The average molecular weight is 310 g/mol. The fraction of sp³-hybridized carbons (Fsp3) is 0.625. The fourth-order valence-corrected chi connectivity index (χ4v) is 2.91. The van der Waals surface area contributed by atoms with E-state index in [1.165, 1.54) is 6.92 Å². The van der Waals surface area contributed by atoms with Crippen LogP contribution in [0, 0.1) is 5.92 Å². The molecule has 0 aliphatic rings. The summed E-state index contributed by atoms with van der Waals surface area (Å²) >= 11 is 1.55. The number of hydrogen-bond acceptors (Lipinski definition) is 3. The van der Waals surface area contributed by atoms with Crippen LogP contribution in [0.2, 0.25) is 0 Å². The van der Waals surface area contributed by atoms with E-state index >= 15 is 0 Å². The molecule has 2 N–H and O–H groups in total. The Morgan fingerprint density at radius 3 is 2.43 bits per heavy atom. The fourth-order valence-electron chi connectivity index (χ4n) is 2.13. The predicted molar refractivity (Wildman–Crippen MR) is 87.2 cm³/mol. The van der Waals surface area contributed by atoms with Crippen molar-refractivity contribution < 1.29 is 9.59 Å². The van der Waals surface area contributed by atoms with Crippen LogP contribution >= 0.6 is 11.3 Å². The van der Waals surface area contributed by atoms with Crippen LogP contribution in [0.15, 0.2) is 17.5 Å². The Hall–Kier alpha value is -1.36. The Kier molecular flexibility index (Phi) is 7.43. The topological polar surface area (TPSA) is 58.2 Å². The molecule has 1 aromatic heterocycles. The Morgan fingerprint density at radius 2 is 1.90 bits per heavy atom. The second kappa shape index (κ2) is 8.82. The highest BCUT2D eigenvalue weighted by Gasteiger charge is 2.19. The summed E-state index contributed by atoms with van der Waals surface area (Å²) in [5.74, 6) is 0.509. The first-order chi connectivity index (χ1) is 9.88. The quantitative estimate of drug-likeness (QED) is 0.774. The number of thiophene rings is 1. The summed E-state index contributed by atoms with van der Waals surface area (Å²) in [5, 5.41) is 7.81. The standard InChI is InChI=1S/C16H26N2O2S/c1-11(2)7-8-12(3)17-16(20)10-14(18-13(4)19)15-6-5-9-21-15/h5-6,9,11-12,14H,7-8,10H2,1-4H3,(H,17,20)(H,18,19)/t12-,14-/m0/s1. The molecule has 0 fully saturated rings. The maximum Gasteiger partial charge on any atom is 0.222 e. The van der Waals surface area contributed by atoms with Crippen LogP contribution in [0.5, 0.6) is 0 Å². The summed E-state index contributed by atoms with van der Waals surface area (Å²) < 4.78 is 0. The molecule has 0 saturated heterocycles. The van der Waals surface area contributed by atoms with E-state index in [1.54, 1.807) is 11.3 Å². The highest BCUT2D eigenvalue weighted by molar-refractivity contribution is 7.10. The van der Waals surface area contributed by atoms with E-state index in [2.05, 4.69) is 24.5 Å². The summed E-state index contributed by atoms with van der Waals surface area (Å²) in [6.45, 7) is 7.86. The van der Waals surface area contributed by atoms with Gasteiger partial charge in [0.05, 0.1) is 12.5 Å². The third-order valence-electron chi connectivity index (χ3n) is 3.24. The highest BCUT2D eigenvalue weighted by atomic mass is 32.1. The number of nitrogens with one attached hydrogen (secondary N) is 2. The van der Waals surface area contributed by atoms with Crippen molar-refractivity contribution in [2.45, 2.75) is 59.0 Å². The first-order valence-electron chi connectivity index (χ1n) is 7.48. The summed E-state index contributed by atoms with van der Waals surface area (Å²) in [6.07, 6.45) is 2.36. The van der Waals surface area contributed by atoms with Crippen LogP contribution < -0.4 is 10.6 Å². The zero-order valence-electron chi connectivity index (χ0n) is 13.3. The van der Waals surface area contributed by atoms with E-state index in [9.17, 15) is 9.59 Å². The smallest absolute Gasteiger partial charge is 0.222 e. The highest BCUT2D eigenvalue weighted by Crippen LogP contribution is 2.22. The lowest BCUT2D eigenvalue weighted by atomic mass is 10.0. The molecule has 1 aromatic rings. The molecule has 0 aliphatic carbocycles. The van der Waals surface area contributed by atoms with Gasteiger partial charge in [0.1, 0.15) is 0 Å². The molecule has 5 heteroatoms. The van der Waals surface area contributed by atoms with Gasteiger partial charge in [-0.15, -0.1) is 11.3 Å². The molecule has 0 unspecified atom stereocenters. The first-order valence-corrected chi connectivity index (χ1v) is 8.36. The summed E-state index contributed by atoms with van der Waals surface area (Å²) in [6, 6.07) is 3.81. The molecule has 118 valence electrons. The minimum absolute atomic E-state index is 0.0154. The van der Waals surface area contributed by atoms with Crippen molar-refractivity contribution in [3.05, 3.63) is 22.4 Å². The predicted octanol–water partition coefficient (Wildman–Crippen LogP) is 3.26. The first kappa shape index (κ1) is 17.7. The van der Waals surface area contributed by atoms with E-state index in [4.69, 9.17) is 0 Å². The van der Waals surface area contributed by atoms with E-state index in [0.717, 1.165) is 17.7 Å². The van der Waals surface area contributed by atoms with E-state index in [-0.39, 0.29) is 30.3 Å². The Morgan fingerprint density at radius 1 is 1.19 bits per heavy atom. The zero-order valence-corrected chi connectivity index (χ0v) is 14.1. The number of amides is 2. The van der Waals surface area contributed by atoms with Crippen LogP contribution in [0.3, 0.4) is 0 Å². The van der Waals surface area contributed by atoms with Crippen LogP contribution in [0.4, 0.5) is 0 Å². The number of carbonyl (C=O) groups excluding carboxylic acids is 2. The van der Waals surface area contributed by atoms with Crippen molar-refractivity contribution >= 4 is 23.2 Å². The van der Waals surface area contributed by atoms with Gasteiger partial charge in [0.2, 0.25) is 11.8 Å². The molecule has 2 amide bonds. The molecule has 0 aromatic carbocycles. The average Bonchev–Trinajstić information content (AvgIpc) is 2.88. The van der Waals surface area contributed by atoms with Crippen LogP contribution in [-0.4, -0.2) is 17.9 Å². The lowest BCUT2D eigenvalue weighted by Gasteiger charge is -2.19. The van der Waals surface area contributed by atoms with E-state index < -0.39 is 0 Å². The second-order valence-electron chi connectivity index (χ2n) is 5.91. The van der Waals surface area contributed by atoms with Crippen molar-refractivity contribution in [1.82, 2.24) is 10.6 Å². The maximum atomic E-state index is 12.1. The Labute approximate surface area is 131 Å². The van der Waals surface area contributed by atoms with Crippen molar-refractivity contribution in [2.24, 2.45) is 5.92 Å². The van der Waals surface area contributed by atoms with Gasteiger partial charge >= 0.3 is 0 Å². The second-order valence-corrected chi connectivity index (χ2v) is 6.89. The summed E-state index contributed by atoms with van der Waals surface area (Å²) in [4.78, 5) is 24.4. The van der Waals surface area contributed by atoms with Crippen molar-refractivity contribution in [2.75, 3.05) is 0 Å². The number of rotatable bonds is 8. The molecular weight excluding hydrogens is 284 g/mol. The van der Waals surface area contributed by atoms with Crippen LogP contribution in [0.25, 0.3) is 0 Å². The number of carbonyl (C=O) groups is 2. The van der Waals surface area contributed by atoms with Gasteiger partial charge in [-0.3, -0.25) is 9.59 Å². The Bertz CT molecular complexity index is 443. The van der Waals surface area contributed by atoms with Crippen molar-refractivity contribution in [3.63, 3.8) is 0 Å². The minimum Gasteiger partial charge on any atom is -0.354 e. The maximum absolute atomic E-state index is 12.1. The molecule has 1 rings (SSSR count). The molecule has 2 atom stereocenters. The molecule has 0 bridgehead atoms. The van der Waals surface area contributed by atoms with Gasteiger partial charge in [-0.25, -0.2) is 0 Å². The largest absolute Gasteiger partial charge is 0.354 e. The molecule has 0 radical (unpaired) electrons.